The van der Waals surface area contributed by atoms with Gasteiger partial charge >= 0.3 is 0 Å². The summed E-state index contributed by atoms with van der Waals surface area (Å²) in [6, 6.07) is 9.50. The lowest BCUT2D eigenvalue weighted by atomic mass is 10.0. The molecule has 2 aromatic carbocycles. The van der Waals surface area contributed by atoms with E-state index < -0.39 is 10.7 Å². The quantitative estimate of drug-likeness (QED) is 0.625. The molecule has 7 heteroatoms. The molecule has 2 heterocycles. The molecule has 1 fully saturated rings. The first-order valence-electron chi connectivity index (χ1n) is 8.23. The normalized spacial score (nSPS) is 19.1. The van der Waals surface area contributed by atoms with Gasteiger partial charge in [0.25, 0.3) is 5.69 Å². The zero-order chi connectivity index (χ0) is 17.4. The van der Waals surface area contributed by atoms with Gasteiger partial charge in [0.15, 0.2) is 11.5 Å². The molecule has 0 N–H and O–H groups in total. The van der Waals surface area contributed by atoms with E-state index in [9.17, 15) is 14.5 Å². The standard InChI is InChI=1S/C18H17FN2O4/c19-13-4-5-15(16(11-13)21(22)23)20-7-1-2-14(20)12-3-6-17-18(10-12)25-9-8-24-17/h3-6,10-11,14H,1-2,7-9H2. The van der Waals surface area contributed by atoms with E-state index in [1.54, 1.807) is 0 Å². The molecule has 2 aliphatic heterocycles. The molecule has 4 rings (SSSR count). The van der Waals surface area contributed by atoms with Crippen LogP contribution in [0.4, 0.5) is 15.8 Å². The van der Waals surface area contributed by atoms with Gasteiger partial charge in [0.05, 0.1) is 17.0 Å². The molecule has 2 aromatic rings. The third-order valence-corrected chi connectivity index (χ3v) is 4.65. The van der Waals surface area contributed by atoms with Gasteiger partial charge in [0, 0.05) is 6.54 Å². The Kier molecular flexibility index (Phi) is 3.91. The number of benzene rings is 2. The highest BCUT2D eigenvalue weighted by Crippen LogP contribution is 2.42. The number of hydrogen-bond donors (Lipinski definition) is 0. The smallest absolute Gasteiger partial charge is 0.295 e. The van der Waals surface area contributed by atoms with E-state index >= 15 is 0 Å². The SMILES string of the molecule is O=[N+]([O-])c1cc(F)ccc1N1CCCC1c1ccc2c(c1)OCCO2. The minimum absolute atomic E-state index is 0.0139. The average molecular weight is 344 g/mol. The number of fused-ring (bicyclic) bond motifs is 1. The van der Waals surface area contributed by atoms with Crippen molar-refractivity contribution in [3.63, 3.8) is 0 Å². The third-order valence-electron chi connectivity index (χ3n) is 4.65. The number of rotatable bonds is 3. The molecular weight excluding hydrogens is 327 g/mol. The topological polar surface area (TPSA) is 64.8 Å². The minimum atomic E-state index is -0.606. The maximum atomic E-state index is 13.4. The monoisotopic (exact) mass is 344 g/mol. The summed E-state index contributed by atoms with van der Waals surface area (Å²) in [6.07, 6.45) is 1.78. The van der Waals surface area contributed by atoms with Crippen LogP contribution in [0.2, 0.25) is 0 Å². The van der Waals surface area contributed by atoms with E-state index in [1.807, 2.05) is 23.1 Å². The van der Waals surface area contributed by atoms with Gasteiger partial charge in [-0.15, -0.1) is 0 Å². The molecule has 1 atom stereocenters. The van der Waals surface area contributed by atoms with Gasteiger partial charge in [-0.1, -0.05) is 6.07 Å². The van der Waals surface area contributed by atoms with Crippen molar-refractivity contribution in [2.24, 2.45) is 0 Å². The highest BCUT2D eigenvalue weighted by atomic mass is 19.1. The van der Waals surface area contributed by atoms with Crippen LogP contribution in [0.15, 0.2) is 36.4 Å². The summed E-state index contributed by atoms with van der Waals surface area (Å²) < 4.78 is 24.6. The summed E-state index contributed by atoms with van der Waals surface area (Å²) in [5, 5.41) is 11.3. The molecule has 6 nitrogen and oxygen atoms in total. The predicted molar refractivity (Wildman–Crippen MR) is 89.8 cm³/mol. The highest BCUT2D eigenvalue weighted by Gasteiger charge is 2.31. The summed E-state index contributed by atoms with van der Waals surface area (Å²) in [5.41, 5.74) is 1.26. The van der Waals surface area contributed by atoms with Crippen LogP contribution >= 0.6 is 0 Å². The lowest BCUT2D eigenvalue weighted by Crippen LogP contribution is -2.24. The number of halogens is 1. The largest absolute Gasteiger partial charge is 0.486 e. The van der Waals surface area contributed by atoms with E-state index in [0.717, 1.165) is 24.5 Å². The van der Waals surface area contributed by atoms with E-state index in [1.165, 1.54) is 12.1 Å². The van der Waals surface area contributed by atoms with E-state index in [2.05, 4.69) is 0 Å². The number of nitro benzene ring substituents is 1. The molecular formula is C18H17FN2O4. The van der Waals surface area contributed by atoms with Crippen molar-refractivity contribution in [1.82, 2.24) is 0 Å². The number of anilines is 1. The van der Waals surface area contributed by atoms with Crippen molar-refractivity contribution < 1.29 is 18.8 Å². The lowest BCUT2D eigenvalue weighted by Gasteiger charge is -2.28. The third kappa shape index (κ3) is 2.86. The van der Waals surface area contributed by atoms with Crippen LogP contribution in [0.25, 0.3) is 0 Å². The molecule has 0 aliphatic carbocycles. The van der Waals surface area contributed by atoms with Gasteiger partial charge in [-0.3, -0.25) is 10.1 Å². The molecule has 0 saturated carbocycles. The van der Waals surface area contributed by atoms with Gasteiger partial charge in [0.1, 0.15) is 24.7 Å². The van der Waals surface area contributed by atoms with E-state index in [-0.39, 0.29) is 11.7 Å². The molecule has 0 bridgehead atoms. The zero-order valence-corrected chi connectivity index (χ0v) is 13.5. The summed E-state index contributed by atoms with van der Waals surface area (Å²) in [6.45, 7) is 1.73. The van der Waals surface area contributed by atoms with Crippen LogP contribution in [0.3, 0.4) is 0 Å². The van der Waals surface area contributed by atoms with Gasteiger partial charge in [-0.2, -0.15) is 0 Å². The second-order valence-corrected chi connectivity index (χ2v) is 6.14. The lowest BCUT2D eigenvalue weighted by molar-refractivity contribution is -0.384. The first-order valence-corrected chi connectivity index (χ1v) is 8.23. The van der Waals surface area contributed by atoms with Crippen molar-refractivity contribution in [2.45, 2.75) is 18.9 Å². The number of nitrogens with zero attached hydrogens (tertiary/aromatic N) is 2. The molecule has 0 aromatic heterocycles. The summed E-state index contributed by atoms with van der Waals surface area (Å²) in [7, 11) is 0. The van der Waals surface area contributed by atoms with Crippen LogP contribution in [-0.4, -0.2) is 24.7 Å². The van der Waals surface area contributed by atoms with Crippen molar-refractivity contribution >= 4 is 11.4 Å². The molecule has 2 aliphatic rings. The van der Waals surface area contributed by atoms with Gasteiger partial charge in [-0.05, 0) is 42.7 Å². The fourth-order valence-electron chi connectivity index (χ4n) is 3.55. The van der Waals surface area contributed by atoms with Gasteiger partial charge < -0.3 is 14.4 Å². The van der Waals surface area contributed by atoms with Crippen LogP contribution in [0, 0.1) is 15.9 Å². The minimum Gasteiger partial charge on any atom is -0.486 e. The van der Waals surface area contributed by atoms with E-state index in [4.69, 9.17) is 9.47 Å². The summed E-state index contributed by atoms with van der Waals surface area (Å²) >= 11 is 0. The maximum Gasteiger partial charge on any atom is 0.295 e. The summed E-state index contributed by atoms with van der Waals surface area (Å²) in [4.78, 5) is 12.8. The Labute approximate surface area is 143 Å². The Hall–Kier alpha value is -2.83. The van der Waals surface area contributed by atoms with Crippen LogP contribution < -0.4 is 14.4 Å². The molecule has 1 unspecified atom stereocenters. The van der Waals surface area contributed by atoms with Crippen molar-refractivity contribution in [3.8, 4) is 11.5 Å². The second kappa shape index (κ2) is 6.23. The fraction of sp³-hybridized carbons (Fsp3) is 0.333. The first-order chi connectivity index (χ1) is 12.1. The molecule has 130 valence electrons. The van der Waals surface area contributed by atoms with Crippen molar-refractivity contribution in [1.29, 1.82) is 0 Å². The zero-order valence-electron chi connectivity index (χ0n) is 13.5. The Morgan fingerprint density at radius 3 is 2.72 bits per heavy atom. The molecule has 0 radical (unpaired) electrons. The fourth-order valence-corrected chi connectivity index (χ4v) is 3.55. The summed E-state index contributed by atoms with van der Waals surface area (Å²) in [5.74, 6) is 0.807. The predicted octanol–water partition coefficient (Wildman–Crippen LogP) is 3.85. The molecule has 0 spiro atoms. The Morgan fingerprint density at radius 2 is 1.92 bits per heavy atom. The number of ether oxygens (including phenoxy) is 2. The van der Waals surface area contributed by atoms with Crippen LogP contribution in [0.5, 0.6) is 11.5 Å². The van der Waals surface area contributed by atoms with Crippen LogP contribution in [-0.2, 0) is 0 Å². The first kappa shape index (κ1) is 15.7. The van der Waals surface area contributed by atoms with Crippen molar-refractivity contribution in [3.05, 3.63) is 57.9 Å². The molecule has 0 amide bonds. The average Bonchev–Trinajstić information content (AvgIpc) is 3.10. The van der Waals surface area contributed by atoms with Gasteiger partial charge in [0.2, 0.25) is 0 Å². The molecule has 25 heavy (non-hydrogen) atoms. The molecule has 1 saturated heterocycles. The highest BCUT2D eigenvalue weighted by molar-refractivity contribution is 5.65. The van der Waals surface area contributed by atoms with Gasteiger partial charge in [-0.25, -0.2) is 4.39 Å². The number of nitro groups is 1. The maximum absolute atomic E-state index is 13.4. The Balaban J connectivity index is 1.71. The second-order valence-electron chi connectivity index (χ2n) is 6.14. The Bertz CT molecular complexity index is 827. The van der Waals surface area contributed by atoms with Crippen LogP contribution in [0.1, 0.15) is 24.4 Å². The Morgan fingerprint density at radius 1 is 1.12 bits per heavy atom. The van der Waals surface area contributed by atoms with E-state index in [0.29, 0.717) is 36.9 Å². The van der Waals surface area contributed by atoms with Crippen molar-refractivity contribution in [2.75, 3.05) is 24.7 Å². The number of hydrogen-bond acceptors (Lipinski definition) is 5.